The van der Waals surface area contributed by atoms with Crippen LogP contribution in [0.15, 0.2) is 30.3 Å². The number of ether oxygens (including phenoxy) is 2. The average molecular weight is 307 g/mol. The van der Waals surface area contributed by atoms with E-state index < -0.39 is 29.8 Å². The molecule has 0 aromatic heterocycles. The lowest BCUT2D eigenvalue weighted by atomic mass is 9.99. The van der Waals surface area contributed by atoms with Crippen molar-refractivity contribution in [1.82, 2.24) is 4.90 Å². The van der Waals surface area contributed by atoms with Crippen molar-refractivity contribution in [2.75, 3.05) is 6.54 Å². The van der Waals surface area contributed by atoms with E-state index in [2.05, 4.69) is 0 Å². The number of aliphatic carboxylic acids is 1. The molecule has 1 amide bonds. The molecule has 1 aliphatic heterocycles. The molecular weight excluding hydrogens is 286 g/mol. The number of benzene rings is 1. The topological polar surface area (TPSA) is 76.1 Å². The fraction of sp³-hybridized carbons (Fsp3) is 0.500. The number of rotatable bonds is 4. The van der Waals surface area contributed by atoms with Crippen LogP contribution < -0.4 is 0 Å². The lowest BCUT2D eigenvalue weighted by molar-refractivity contribution is -0.179. The zero-order valence-electron chi connectivity index (χ0n) is 13.0. The molecule has 0 unspecified atom stereocenters. The molecule has 6 heteroatoms. The van der Waals surface area contributed by atoms with E-state index >= 15 is 0 Å². The van der Waals surface area contributed by atoms with Crippen LogP contribution in [0.5, 0.6) is 0 Å². The molecule has 6 nitrogen and oxygen atoms in total. The molecule has 1 heterocycles. The second-order valence-corrected chi connectivity index (χ2v) is 6.24. The summed E-state index contributed by atoms with van der Waals surface area (Å²) in [5.41, 5.74) is 0.393. The van der Waals surface area contributed by atoms with E-state index in [1.165, 1.54) is 4.90 Å². The molecule has 0 saturated carbocycles. The van der Waals surface area contributed by atoms with Gasteiger partial charge in [-0.05, 0) is 26.3 Å². The average Bonchev–Trinajstić information content (AvgIpc) is 2.40. The Kier molecular flexibility index (Phi) is 4.71. The van der Waals surface area contributed by atoms with E-state index in [4.69, 9.17) is 9.47 Å². The maximum atomic E-state index is 12.0. The van der Waals surface area contributed by atoms with Gasteiger partial charge in [-0.2, -0.15) is 0 Å². The Hall–Kier alpha value is -2.08. The Morgan fingerprint density at radius 2 is 1.91 bits per heavy atom. The van der Waals surface area contributed by atoms with E-state index in [0.29, 0.717) is 0 Å². The highest BCUT2D eigenvalue weighted by molar-refractivity contribution is 5.83. The predicted molar refractivity (Wildman–Crippen MR) is 79.4 cm³/mol. The lowest BCUT2D eigenvalue weighted by Gasteiger charge is -2.46. The van der Waals surface area contributed by atoms with E-state index in [0.717, 1.165) is 5.56 Å². The molecule has 0 radical (unpaired) electrons. The second-order valence-electron chi connectivity index (χ2n) is 6.24. The fourth-order valence-corrected chi connectivity index (χ4v) is 2.31. The van der Waals surface area contributed by atoms with Gasteiger partial charge < -0.3 is 14.6 Å². The first-order valence-corrected chi connectivity index (χ1v) is 7.16. The van der Waals surface area contributed by atoms with E-state index in [1.807, 2.05) is 51.1 Å². The molecule has 0 spiro atoms. The summed E-state index contributed by atoms with van der Waals surface area (Å²) in [6, 6.07) is 8.24. The first-order chi connectivity index (χ1) is 10.3. The third kappa shape index (κ3) is 3.98. The summed E-state index contributed by atoms with van der Waals surface area (Å²) in [5, 5.41) is 9.28. The maximum Gasteiger partial charge on any atom is 0.411 e. The molecule has 1 aliphatic rings. The fourth-order valence-electron chi connectivity index (χ4n) is 2.31. The summed E-state index contributed by atoms with van der Waals surface area (Å²) in [6.45, 7) is 5.89. The second kappa shape index (κ2) is 6.36. The monoisotopic (exact) mass is 307 g/mol. The standard InChI is InChI=1S/C16H21NO5/c1-16(2,3)22-12-9-17(13(12)14(18)19)15(20)21-10-11-7-5-4-6-8-11/h4-8,12-13H,9-10H2,1-3H3,(H,18,19)/t12-,13-/m1/s1. The maximum absolute atomic E-state index is 12.0. The first-order valence-electron chi connectivity index (χ1n) is 7.16. The number of carboxylic acids is 1. The van der Waals surface area contributed by atoms with Crippen molar-refractivity contribution in [3.63, 3.8) is 0 Å². The minimum atomic E-state index is -1.09. The van der Waals surface area contributed by atoms with E-state index in [1.54, 1.807) is 0 Å². The largest absolute Gasteiger partial charge is 0.480 e. The van der Waals surface area contributed by atoms with Crippen LogP contribution in [-0.2, 0) is 20.9 Å². The Morgan fingerprint density at radius 3 is 2.45 bits per heavy atom. The van der Waals surface area contributed by atoms with Crippen molar-refractivity contribution in [2.45, 2.75) is 45.1 Å². The van der Waals surface area contributed by atoms with Crippen molar-refractivity contribution in [3.05, 3.63) is 35.9 Å². The molecule has 1 N–H and O–H groups in total. The number of hydrogen-bond donors (Lipinski definition) is 1. The molecular formula is C16H21NO5. The minimum absolute atomic E-state index is 0.118. The van der Waals surface area contributed by atoms with Gasteiger partial charge in [-0.3, -0.25) is 4.90 Å². The smallest absolute Gasteiger partial charge is 0.411 e. The van der Waals surface area contributed by atoms with Gasteiger partial charge in [-0.15, -0.1) is 0 Å². The molecule has 0 bridgehead atoms. The summed E-state index contributed by atoms with van der Waals surface area (Å²) in [5.74, 6) is -1.09. The number of nitrogens with zero attached hydrogens (tertiary/aromatic N) is 1. The van der Waals surface area contributed by atoms with E-state index in [-0.39, 0.29) is 13.2 Å². The summed E-state index contributed by atoms with van der Waals surface area (Å²) in [6.07, 6.45) is -1.15. The van der Waals surface area contributed by atoms with E-state index in [9.17, 15) is 14.7 Å². The molecule has 120 valence electrons. The third-order valence-corrected chi connectivity index (χ3v) is 3.26. The van der Waals surface area contributed by atoms with Crippen molar-refractivity contribution >= 4 is 12.1 Å². The molecule has 2 atom stereocenters. The molecule has 22 heavy (non-hydrogen) atoms. The van der Waals surface area contributed by atoms with Gasteiger partial charge in [-0.1, -0.05) is 30.3 Å². The normalized spacial score (nSPS) is 21.1. The van der Waals surface area contributed by atoms with Crippen molar-refractivity contribution in [3.8, 4) is 0 Å². The van der Waals surface area contributed by atoms with Crippen LogP contribution >= 0.6 is 0 Å². The van der Waals surface area contributed by atoms with Crippen LogP contribution in [0.2, 0.25) is 0 Å². The Morgan fingerprint density at radius 1 is 1.27 bits per heavy atom. The first kappa shape index (κ1) is 16.3. The number of carbonyl (C=O) groups is 2. The molecule has 1 saturated heterocycles. The third-order valence-electron chi connectivity index (χ3n) is 3.26. The Bertz CT molecular complexity index is 537. The Labute approximate surface area is 129 Å². The van der Waals surface area contributed by atoms with Crippen molar-refractivity contribution in [2.24, 2.45) is 0 Å². The van der Waals surface area contributed by atoms with Crippen molar-refractivity contribution < 1.29 is 24.2 Å². The van der Waals surface area contributed by atoms with Gasteiger partial charge in [0, 0.05) is 0 Å². The SMILES string of the molecule is CC(C)(C)O[C@@H]1CN(C(=O)OCc2ccccc2)[C@H]1C(=O)O. The quantitative estimate of drug-likeness (QED) is 0.923. The number of hydrogen-bond acceptors (Lipinski definition) is 4. The van der Waals surface area contributed by atoms with Crippen LogP contribution in [0, 0.1) is 0 Å². The van der Waals surface area contributed by atoms with Crippen LogP contribution in [-0.4, -0.2) is 46.4 Å². The molecule has 0 aliphatic carbocycles. The summed E-state index contributed by atoms with van der Waals surface area (Å²) in [7, 11) is 0. The van der Waals surface area contributed by atoms with Crippen LogP contribution in [0.4, 0.5) is 4.79 Å². The van der Waals surface area contributed by atoms with Crippen LogP contribution in [0.3, 0.4) is 0 Å². The summed E-state index contributed by atoms with van der Waals surface area (Å²) >= 11 is 0. The van der Waals surface area contributed by atoms with Crippen LogP contribution in [0.25, 0.3) is 0 Å². The number of carboxylic acid groups (broad SMARTS) is 1. The zero-order chi connectivity index (χ0) is 16.3. The van der Waals surface area contributed by atoms with Gasteiger partial charge in [-0.25, -0.2) is 9.59 Å². The summed E-state index contributed by atoms with van der Waals surface area (Å²) in [4.78, 5) is 24.5. The highest BCUT2D eigenvalue weighted by Crippen LogP contribution is 2.27. The number of likely N-dealkylation sites (tertiary alicyclic amines) is 1. The minimum Gasteiger partial charge on any atom is -0.480 e. The molecule has 2 rings (SSSR count). The molecule has 1 fully saturated rings. The highest BCUT2D eigenvalue weighted by atomic mass is 16.6. The zero-order valence-corrected chi connectivity index (χ0v) is 13.0. The summed E-state index contributed by atoms with van der Waals surface area (Å²) < 4.78 is 10.8. The molecule has 1 aromatic rings. The predicted octanol–water partition coefficient (Wildman–Crippen LogP) is 2.28. The van der Waals surface area contributed by atoms with Gasteiger partial charge in [0.1, 0.15) is 12.7 Å². The van der Waals surface area contributed by atoms with Gasteiger partial charge in [0.15, 0.2) is 6.04 Å². The number of amides is 1. The van der Waals surface area contributed by atoms with Crippen molar-refractivity contribution in [1.29, 1.82) is 0 Å². The number of carbonyl (C=O) groups excluding carboxylic acids is 1. The van der Waals surface area contributed by atoms with Gasteiger partial charge in [0.2, 0.25) is 0 Å². The highest BCUT2D eigenvalue weighted by Gasteiger charge is 2.49. The lowest BCUT2D eigenvalue weighted by Crippen LogP contribution is -2.67. The Balaban J connectivity index is 1.91. The van der Waals surface area contributed by atoms with Gasteiger partial charge in [0.05, 0.1) is 12.1 Å². The van der Waals surface area contributed by atoms with Gasteiger partial charge in [0.25, 0.3) is 0 Å². The molecule has 1 aromatic carbocycles. The van der Waals surface area contributed by atoms with Crippen LogP contribution in [0.1, 0.15) is 26.3 Å². The van der Waals surface area contributed by atoms with Gasteiger partial charge >= 0.3 is 12.1 Å².